The molecule has 4 nitrogen and oxygen atoms in total. The van der Waals surface area contributed by atoms with Crippen molar-refractivity contribution in [2.45, 2.75) is 58.8 Å². The first kappa shape index (κ1) is 15.9. The summed E-state index contributed by atoms with van der Waals surface area (Å²) in [7, 11) is 1.43. The molecule has 1 aliphatic heterocycles. The molecule has 3 fully saturated rings. The fraction of sp³-hybridized carbons (Fsp3) is 0.700. The number of carbonyl (C=O) groups excluding carboxylic acids is 2. The molecule has 0 spiro atoms. The van der Waals surface area contributed by atoms with E-state index < -0.39 is 0 Å². The van der Waals surface area contributed by atoms with Crippen LogP contribution in [0.2, 0.25) is 0 Å². The normalized spacial score (nSPS) is 41.0. The van der Waals surface area contributed by atoms with Gasteiger partial charge < -0.3 is 9.47 Å². The Labute approximate surface area is 143 Å². The highest BCUT2D eigenvalue weighted by atomic mass is 16.5. The standard InChI is InChI=1S/C20H26O4/c1-19-8-4-5-13(19)17-12(18(22)23-3)11-15-20(2,14(17)6-9-19)10-7-16(21)24-15/h11,13-14H,4-10H2,1-3H3/t13-,14+,19-,20+/m0/s1. The molecule has 1 saturated heterocycles. The molecule has 24 heavy (non-hydrogen) atoms. The van der Waals surface area contributed by atoms with Gasteiger partial charge in [-0.1, -0.05) is 20.3 Å². The number of methoxy groups -OCH3 is 1. The van der Waals surface area contributed by atoms with E-state index in [-0.39, 0.29) is 23.3 Å². The van der Waals surface area contributed by atoms with Crippen molar-refractivity contribution in [2.75, 3.05) is 7.11 Å². The zero-order valence-electron chi connectivity index (χ0n) is 14.8. The molecule has 4 atom stereocenters. The Morgan fingerprint density at radius 2 is 2.00 bits per heavy atom. The van der Waals surface area contributed by atoms with E-state index in [1.165, 1.54) is 31.9 Å². The van der Waals surface area contributed by atoms with Crippen LogP contribution in [-0.4, -0.2) is 19.0 Å². The first-order valence-corrected chi connectivity index (χ1v) is 9.14. The van der Waals surface area contributed by atoms with Crippen LogP contribution in [0.5, 0.6) is 0 Å². The van der Waals surface area contributed by atoms with Crippen LogP contribution < -0.4 is 0 Å². The van der Waals surface area contributed by atoms with Gasteiger partial charge in [0.1, 0.15) is 5.76 Å². The van der Waals surface area contributed by atoms with E-state index in [4.69, 9.17) is 9.47 Å². The Bertz CT molecular complexity index is 673. The van der Waals surface area contributed by atoms with Gasteiger partial charge in [-0.05, 0) is 61.0 Å². The van der Waals surface area contributed by atoms with Crippen molar-refractivity contribution in [1.82, 2.24) is 0 Å². The Hall–Kier alpha value is -1.58. The lowest BCUT2D eigenvalue weighted by molar-refractivity contribution is -0.148. The van der Waals surface area contributed by atoms with Crippen molar-refractivity contribution in [3.05, 3.63) is 23.0 Å². The fourth-order valence-electron chi connectivity index (χ4n) is 5.79. The third kappa shape index (κ3) is 2.04. The Morgan fingerprint density at radius 3 is 2.75 bits per heavy atom. The summed E-state index contributed by atoms with van der Waals surface area (Å²) in [5.41, 5.74) is 2.09. The van der Waals surface area contributed by atoms with Gasteiger partial charge >= 0.3 is 11.9 Å². The Balaban J connectivity index is 1.89. The molecule has 3 aliphatic carbocycles. The molecule has 2 saturated carbocycles. The molecular weight excluding hydrogens is 304 g/mol. The van der Waals surface area contributed by atoms with Crippen LogP contribution in [0.15, 0.2) is 23.0 Å². The van der Waals surface area contributed by atoms with Crippen LogP contribution in [-0.2, 0) is 19.1 Å². The molecule has 4 rings (SSSR count). The lowest BCUT2D eigenvalue weighted by Crippen LogP contribution is -2.46. The average Bonchev–Trinajstić information content (AvgIpc) is 2.96. The van der Waals surface area contributed by atoms with E-state index in [0.29, 0.717) is 29.1 Å². The van der Waals surface area contributed by atoms with Crippen molar-refractivity contribution >= 4 is 11.9 Å². The fourth-order valence-corrected chi connectivity index (χ4v) is 5.79. The molecule has 130 valence electrons. The van der Waals surface area contributed by atoms with Gasteiger partial charge in [0.15, 0.2) is 0 Å². The van der Waals surface area contributed by atoms with Gasteiger partial charge in [0.05, 0.1) is 12.7 Å². The third-order valence-electron chi connectivity index (χ3n) is 7.23. The van der Waals surface area contributed by atoms with Crippen LogP contribution in [0.3, 0.4) is 0 Å². The molecule has 0 amide bonds. The van der Waals surface area contributed by atoms with Crippen molar-refractivity contribution in [3.8, 4) is 0 Å². The topological polar surface area (TPSA) is 52.6 Å². The van der Waals surface area contributed by atoms with Gasteiger partial charge in [-0.3, -0.25) is 4.79 Å². The quantitative estimate of drug-likeness (QED) is 0.684. The number of ether oxygens (including phenoxy) is 2. The number of esters is 2. The minimum absolute atomic E-state index is 0.162. The van der Waals surface area contributed by atoms with Gasteiger partial charge in [0.25, 0.3) is 0 Å². The van der Waals surface area contributed by atoms with Crippen LogP contribution in [0.1, 0.15) is 58.8 Å². The highest BCUT2D eigenvalue weighted by Crippen LogP contribution is 2.63. The molecule has 0 radical (unpaired) electrons. The summed E-state index contributed by atoms with van der Waals surface area (Å²) in [5, 5.41) is 0. The van der Waals surface area contributed by atoms with Crippen LogP contribution in [0.25, 0.3) is 0 Å². The van der Waals surface area contributed by atoms with Gasteiger partial charge in [-0.15, -0.1) is 0 Å². The van der Waals surface area contributed by atoms with Crippen molar-refractivity contribution in [1.29, 1.82) is 0 Å². The zero-order valence-corrected chi connectivity index (χ0v) is 14.8. The first-order valence-electron chi connectivity index (χ1n) is 9.14. The Kier molecular flexibility index (Phi) is 3.45. The SMILES string of the molecule is COC(=O)C1=C2[C@@H](CC[C@]3(C)CCC[C@@H]23)[C@@]2(C)CCC(=O)OC2=C1. The monoisotopic (exact) mass is 330 g/mol. The van der Waals surface area contributed by atoms with E-state index in [9.17, 15) is 9.59 Å². The summed E-state index contributed by atoms with van der Waals surface area (Å²) in [6.07, 6.45) is 8.97. The van der Waals surface area contributed by atoms with E-state index in [1.807, 2.05) is 6.08 Å². The van der Waals surface area contributed by atoms with Crippen molar-refractivity contribution < 1.29 is 19.1 Å². The van der Waals surface area contributed by atoms with E-state index >= 15 is 0 Å². The predicted molar refractivity (Wildman–Crippen MR) is 88.7 cm³/mol. The highest BCUT2D eigenvalue weighted by Gasteiger charge is 2.56. The van der Waals surface area contributed by atoms with E-state index in [0.717, 1.165) is 19.3 Å². The maximum Gasteiger partial charge on any atom is 0.337 e. The smallest absolute Gasteiger partial charge is 0.337 e. The molecule has 0 aromatic rings. The third-order valence-corrected chi connectivity index (χ3v) is 7.23. The van der Waals surface area contributed by atoms with Gasteiger partial charge in [0, 0.05) is 11.8 Å². The minimum atomic E-state index is -0.290. The number of fused-ring (bicyclic) bond motifs is 5. The summed E-state index contributed by atoms with van der Waals surface area (Å²) in [6, 6.07) is 0. The summed E-state index contributed by atoms with van der Waals surface area (Å²) in [6.45, 7) is 4.59. The molecule has 4 heteroatoms. The van der Waals surface area contributed by atoms with Crippen LogP contribution in [0, 0.1) is 22.7 Å². The lowest BCUT2D eigenvalue weighted by Gasteiger charge is -2.52. The first-order chi connectivity index (χ1) is 11.4. The van der Waals surface area contributed by atoms with Crippen LogP contribution in [0.4, 0.5) is 0 Å². The highest BCUT2D eigenvalue weighted by molar-refractivity contribution is 5.93. The van der Waals surface area contributed by atoms with Crippen molar-refractivity contribution in [3.63, 3.8) is 0 Å². The maximum atomic E-state index is 12.5. The summed E-state index contributed by atoms with van der Waals surface area (Å²) in [4.78, 5) is 24.3. The zero-order chi connectivity index (χ0) is 17.1. The summed E-state index contributed by atoms with van der Waals surface area (Å²) >= 11 is 0. The van der Waals surface area contributed by atoms with E-state index in [2.05, 4.69) is 13.8 Å². The molecule has 0 unspecified atom stereocenters. The molecule has 0 N–H and O–H groups in total. The average molecular weight is 330 g/mol. The largest absolute Gasteiger partial charge is 0.465 e. The number of allylic oxidation sites excluding steroid dienone is 2. The molecular formula is C20H26O4. The molecule has 1 heterocycles. The van der Waals surface area contributed by atoms with Gasteiger partial charge in [-0.25, -0.2) is 4.79 Å². The van der Waals surface area contributed by atoms with Gasteiger partial charge in [0.2, 0.25) is 0 Å². The number of carbonyl (C=O) groups is 2. The lowest BCUT2D eigenvalue weighted by atomic mass is 9.53. The molecule has 0 bridgehead atoms. The van der Waals surface area contributed by atoms with E-state index in [1.54, 1.807) is 0 Å². The van der Waals surface area contributed by atoms with Crippen LogP contribution >= 0.6 is 0 Å². The predicted octanol–water partition coefficient (Wildman–Crippen LogP) is 3.91. The second kappa shape index (κ2) is 5.21. The second-order valence-electron chi connectivity index (χ2n) is 8.45. The summed E-state index contributed by atoms with van der Waals surface area (Å²) < 4.78 is 10.7. The minimum Gasteiger partial charge on any atom is -0.465 e. The molecule has 0 aromatic heterocycles. The number of hydrogen-bond acceptors (Lipinski definition) is 4. The Morgan fingerprint density at radius 1 is 1.21 bits per heavy atom. The summed E-state index contributed by atoms with van der Waals surface area (Å²) in [5.74, 6) is 0.943. The van der Waals surface area contributed by atoms with Crippen molar-refractivity contribution in [2.24, 2.45) is 22.7 Å². The number of hydrogen-bond donors (Lipinski definition) is 0. The molecule has 4 aliphatic rings. The molecule has 0 aromatic carbocycles. The maximum absolute atomic E-state index is 12.5. The number of rotatable bonds is 1. The second-order valence-corrected chi connectivity index (χ2v) is 8.45. The van der Waals surface area contributed by atoms with Gasteiger partial charge in [-0.2, -0.15) is 0 Å².